The summed E-state index contributed by atoms with van der Waals surface area (Å²) < 4.78 is 5.72. The summed E-state index contributed by atoms with van der Waals surface area (Å²) in [5.74, 6) is 0.876. The van der Waals surface area contributed by atoms with E-state index < -0.39 is 6.10 Å². The standard InChI is InChI=1S/C13H20O2/c1-8-6-9(2)10(3)13(7-8)15-12(5)11(4)14/h6-7,11-12,14H,1-5H3. The lowest BCUT2D eigenvalue weighted by Gasteiger charge is -2.20. The average Bonchev–Trinajstić information content (AvgIpc) is 2.13. The maximum absolute atomic E-state index is 9.39. The Kier molecular flexibility index (Phi) is 3.75. The van der Waals surface area contributed by atoms with Gasteiger partial charge in [0, 0.05) is 0 Å². The molecule has 0 aliphatic heterocycles. The molecule has 84 valence electrons. The molecule has 15 heavy (non-hydrogen) atoms. The van der Waals surface area contributed by atoms with E-state index >= 15 is 0 Å². The number of hydrogen-bond acceptors (Lipinski definition) is 2. The molecule has 1 aromatic carbocycles. The van der Waals surface area contributed by atoms with E-state index in [-0.39, 0.29) is 6.10 Å². The summed E-state index contributed by atoms with van der Waals surface area (Å²) in [5, 5.41) is 9.39. The van der Waals surface area contributed by atoms with Gasteiger partial charge in [-0.3, -0.25) is 0 Å². The summed E-state index contributed by atoms with van der Waals surface area (Å²) in [6.45, 7) is 9.78. The molecule has 0 fully saturated rings. The van der Waals surface area contributed by atoms with E-state index in [9.17, 15) is 5.11 Å². The molecular weight excluding hydrogens is 188 g/mol. The van der Waals surface area contributed by atoms with Crippen LogP contribution in [0, 0.1) is 20.8 Å². The third-order valence-electron chi connectivity index (χ3n) is 2.76. The normalized spacial score (nSPS) is 14.8. The quantitative estimate of drug-likeness (QED) is 0.827. The third-order valence-corrected chi connectivity index (χ3v) is 2.76. The largest absolute Gasteiger partial charge is 0.488 e. The minimum Gasteiger partial charge on any atom is -0.488 e. The summed E-state index contributed by atoms with van der Waals surface area (Å²) in [6.07, 6.45) is -0.630. The summed E-state index contributed by atoms with van der Waals surface area (Å²) in [4.78, 5) is 0. The van der Waals surface area contributed by atoms with Gasteiger partial charge in [0.2, 0.25) is 0 Å². The SMILES string of the molecule is Cc1cc(C)c(C)c(OC(C)C(C)O)c1. The summed E-state index contributed by atoms with van der Waals surface area (Å²) in [6, 6.07) is 4.15. The zero-order valence-electron chi connectivity index (χ0n) is 10.2. The molecule has 0 saturated carbocycles. The van der Waals surface area contributed by atoms with Crippen LogP contribution >= 0.6 is 0 Å². The second-order valence-electron chi connectivity index (χ2n) is 4.27. The first-order valence-corrected chi connectivity index (χ1v) is 5.34. The molecule has 0 amide bonds. The number of benzene rings is 1. The van der Waals surface area contributed by atoms with E-state index in [1.54, 1.807) is 6.92 Å². The molecule has 0 aliphatic carbocycles. The molecule has 1 N–H and O–H groups in total. The van der Waals surface area contributed by atoms with Crippen LogP contribution in [0.5, 0.6) is 5.75 Å². The number of hydrogen-bond donors (Lipinski definition) is 1. The van der Waals surface area contributed by atoms with E-state index in [2.05, 4.69) is 13.0 Å². The molecule has 1 rings (SSSR count). The Balaban J connectivity index is 2.94. The molecular formula is C13H20O2. The van der Waals surface area contributed by atoms with E-state index in [4.69, 9.17) is 4.74 Å². The van der Waals surface area contributed by atoms with Gasteiger partial charge in [-0.15, -0.1) is 0 Å². The van der Waals surface area contributed by atoms with Crippen LogP contribution in [0.15, 0.2) is 12.1 Å². The molecule has 0 saturated heterocycles. The number of rotatable bonds is 3. The predicted octanol–water partition coefficient (Wildman–Crippen LogP) is 2.76. The molecule has 0 bridgehead atoms. The fourth-order valence-electron chi connectivity index (χ4n) is 1.42. The second kappa shape index (κ2) is 4.67. The fourth-order valence-corrected chi connectivity index (χ4v) is 1.42. The van der Waals surface area contributed by atoms with Crippen LogP contribution < -0.4 is 4.74 Å². The van der Waals surface area contributed by atoms with Gasteiger partial charge in [-0.05, 0) is 57.4 Å². The van der Waals surface area contributed by atoms with Crippen molar-refractivity contribution in [3.8, 4) is 5.75 Å². The Morgan fingerprint density at radius 1 is 1.13 bits per heavy atom. The van der Waals surface area contributed by atoms with Crippen LogP contribution in [0.4, 0.5) is 0 Å². The summed E-state index contributed by atoms with van der Waals surface area (Å²) >= 11 is 0. The molecule has 0 spiro atoms. The van der Waals surface area contributed by atoms with Gasteiger partial charge in [0.25, 0.3) is 0 Å². The molecule has 2 unspecified atom stereocenters. The van der Waals surface area contributed by atoms with Crippen molar-refractivity contribution in [2.24, 2.45) is 0 Å². The lowest BCUT2D eigenvalue weighted by molar-refractivity contribution is 0.0599. The monoisotopic (exact) mass is 208 g/mol. The van der Waals surface area contributed by atoms with Crippen LogP contribution in [-0.2, 0) is 0 Å². The topological polar surface area (TPSA) is 29.5 Å². The molecule has 1 aromatic rings. The minimum absolute atomic E-state index is 0.176. The van der Waals surface area contributed by atoms with Gasteiger partial charge in [0.15, 0.2) is 0 Å². The fraction of sp³-hybridized carbons (Fsp3) is 0.538. The average molecular weight is 208 g/mol. The van der Waals surface area contributed by atoms with E-state index in [0.29, 0.717) is 0 Å². The zero-order chi connectivity index (χ0) is 11.6. The summed E-state index contributed by atoms with van der Waals surface area (Å²) in [7, 11) is 0. The van der Waals surface area contributed by atoms with Crippen molar-refractivity contribution in [3.05, 3.63) is 28.8 Å². The van der Waals surface area contributed by atoms with E-state index in [0.717, 1.165) is 11.3 Å². The molecule has 0 heterocycles. The van der Waals surface area contributed by atoms with Crippen molar-refractivity contribution in [2.75, 3.05) is 0 Å². The highest BCUT2D eigenvalue weighted by Gasteiger charge is 2.12. The first kappa shape index (κ1) is 12.1. The highest BCUT2D eigenvalue weighted by atomic mass is 16.5. The van der Waals surface area contributed by atoms with Crippen LogP contribution in [0.2, 0.25) is 0 Å². The number of aliphatic hydroxyl groups excluding tert-OH is 1. The van der Waals surface area contributed by atoms with Gasteiger partial charge in [0.05, 0.1) is 6.10 Å². The maximum Gasteiger partial charge on any atom is 0.123 e. The predicted molar refractivity (Wildman–Crippen MR) is 62.4 cm³/mol. The first-order chi connectivity index (χ1) is 6.91. The Hall–Kier alpha value is -1.02. The molecule has 0 aromatic heterocycles. The highest BCUT2D eigenvalue weighted by molar-refractivity contribution is 5.42. The molecule has 2 heteroatoms. The van der Waals surface area contributed by atoms with Gasteiger partial charge < -0.3 is 9.84 Å². The molecule has 0 aliphatic rings. The highest BCUT2D eigenvalue weighted by Crippen LogP contribution is 2.24. The van der Waals surface area contributed by atoms with Crippen LogP contribution in [-0.4, -0.2) is 17.3 Å². The van der Waals surface area contributed by atoms with Crippen molar-refractivity contribution in [3.63, 3.8) is 0 Å². The van der Waals surface area contributed by atoms with E-state index in [1.165, 1.54) is 11.1 Å². The van der Waals surface area contributed by atoms with E-state index in [1.807, 2.05) is 26.8 Å². The van der Waals surface area contributed by atoms with Crippen LogP contribution in [0.1, 0.15) is 30.5 Å². The lowest BCUT2D eigenvalue weighted by atomic mass is 10.1. The lowest BCUT2D eigenvalue weighted by Crippen LogP contribution is -2.26. The first-order valence-electron chi connectivity index (χ1n) is 5.34. The van der Waals surface area contributed by atoms with Crippen LogP contribution in [0.25, 0.3) is 0 Å². The number of aliphatic hydroxyl groups is 1. The van der Waals surface area contributed by atoms with Gasteiger partial charge in [-0.2, -0.15) is 0 Å². The van der Waals surface area contributed by atoms with Gasteiger partial charge in [-0.1, -0.05) is 6.07 Å². The Labute approximate surface area is 91.9 Å². The van der Waals surface area contributed by atoms with Crippen molar-refractivity contribution < 1.29 is 9.84 Å². The Bertz CT molecular complexity index is 343. The molecule has 2 nitrogen and oxygen atoms in total. The number of aryl methyl sites for hydroxylation is 2. The Morgan fingerprint density at radius 3 is 2.27 bits per heavy atom. The smallest absolute Gasteiger partial charge is 0.123 e. The molecule has 0 radical (unpaired) electrons. The van der Waals surface area contributed by atoms with Crippen molar-refractivity contribution in [2.45, 2.75) is 46.8 Å². The van der Waals surface area contributed by atoms with Gasteiger partial charge >= 0.3 is 0 Å². The maximum atomic E-state index is 9.39. The minimum atomic E-state index is -0.454. The zero-order valence-corrected chi connectivity index (χ0v) is 10.2. The van der Waals surface area contributed by atoms with Gasteiger partial charge in [-0.25, -0.2) is 0 Å². The van der Waals surface area contributed by atoms with Gasteiger partial charge in [0.1, 0.15) is 11.9 Å². The van der Waals surface area contributed by atoms with Crippen molar-refractivity contribution >= 4 is 0 Å². The summed E-state index contributed by atoms with van der Waals surface area (Å²) in [5.41, 5.74) is 3.56. The second-order valence-corrected chi connectivity index (χ2v) is 4.27. The van der Waals surface area contributed by atoms with Crippen LogP contribution in [0.3, 0.4) is 0 Å². The van der Waals surface area contributed by atoms with Crippen molar-refractivity contribution in [1.82, 2.24) is 0 Å². The Morgan fingerprint density at radius 2 is 1.73 bits per heavy atom. The number of ether oxygens (including phenoxy) is 1. The molecule has 2 atom stereocenters. The van der Waals surface area contributed by atoms with Crippen molar-refractivity contribution in [1.29, 1.82) is 0 Å². The third kappa shape index (κ3) is 2.96.